The van der Waals surface area contributed by atoms with Crippen molar-refractivity contribution in [1.29, 1.82) is 0 Å². The van der Waals surface area contributed by atoms with Crippen LogP contribution in [0.15, 0.2) is 54.9 Å². The summed E-state index contributed by atoms with van der Waals surface area (Å²) in [6.07, 6.45) is 8.29. The first-order valence-electron chi connectivity index (χ1n) is 9.21. The van der Waals surface area contributed by atoms with Crippen LogP contribution < -0.4 is 9.47 Å². The lowest BCUT2D eigenvalue weighted by molar-refractivity contribution is 0.242. The standard InChI is InChI=1S/C22H18N4O2/c1-2-7-21-15(5-1)8-9-18-17-13-19(24-14-20(17)26-25-18)16-6-3-10-23-22(16)28-12-4-11-27-21/h1-3,5-10,13-14H,4,11-12H2,(H,25,26)/b9-8+. The monoisotopic (exact) mass is 370 g/mol. The van der Waals surface area contributed by atoms with Crippen LogP contribution in [0, 0.1) is 0 Å². The predicted molar refractivity (Wildman–Crippen MR) is 108 cm³/mol. The number of nitrogens with one attached hydrogen (secondary N) is 1. The number of nitrogens with zero attached hydrogens (tertiary/aromatic N) is 3. The van der Waals surface area contributed by atoms with E-state index in [2.05, 4.69) is 20.2 Å². The molecule has 0 unspecified atom stereocenters. The predicted octanol–water partition coefficient (Wildman–Crippen LogP) is 4.35. The highest BCUT2D eigenvalue weighted by Crippen LogP contribution is 2.30. The lowest BCUT2D eigenvalue weighted by atomic mass is 10.1. The van der Waals surface area contributed by atoms with Gasteiger partial charge in [-0.05, 0) is 36.4 Å². The van der Waals surface area contributed by atoms with Crippen LogP contribution in [0.4, 0.5) is 0 Å². The number of benzene rings is 1. The van der Waals surface area contributed by atoms with E-state index in [4.69, 9.17) is 9.47 Å². The molecule has 4 heterocycles. The summed E-state index contributed by atoms with van der Waals surface area (Å²) in [5.74, 6) is 1.42. The molecule has 0 aliphatic carbocycles. The van der Waals surface area contributed by atoms with Gasteiger partial charge in [-0.15, -0.1) is 0 Å². The molecule has 0 spiro atoms. The summed E-state index contributed by atoms with van der Waals surface area (Å²) in [5.41, 5.74) is 4.39. The number of hydrogen-bond donors (Lipinski definition) is 1. The van der Waals surface area contributed by atoms with E-state index >= 15 is 0 Å². The number of aromatic amines is 1. The average Bonchev–Trinajstić information content (AvgIpc) is 3.14. The summed E-state index contributed by atoms with van der Waals surface area (Å²) < 4.78 is 11.9. The van der Waals surface area contributed by atoms with E-state index in [1.165, 1.54) is 0 Å². The highest BCUT2D eigenvalue weighted by atomic mass is 16.5. The second-order valence-corrected chi connectivity index (χ2v) is 6.50. The Bertz CT molecular complexity index is 1170. The first-order chi connectivity index (χ1) is 13.9. The van der Waals surface area contributed by atoms with Crippen LogP contribution in [-0.4, -0.2) is 33.4 Å². The molecule has 138 valence electrons. The number of ether oxygens (including phenoxy) is 2. The van der Waals surface area contributed by atoms with Crippen LogP contribution >= 0.6 is 0 Å². The lowest BCUT2D eigenvalue weighted by Gasteiger charge is -2.11. The summed E-state index contributed by atoms with van der Waals surface area (Å²) in [6.45, 7) is 1.08. The molecule has 6 heteroatoms. The molecule has 1 aliphatic heterocycles. The van der Waals surface area contributed by atoms with Gasteiger partial charge in [-0.1, -0.05) is 18.2 Å². The normalized spacial score (nSPS) is 14.9. The van der Waals surface area contributed by atoms with Gasteiger partial charge in [0.2, 0.25) is 5.88 Å². The highest BCUT2D eigenvalue weighted by molar-refractivity contribution is 5.91. The van der Waals surface area contributed by atoms with Crippen LogP contribution in [-0.2, 0) is 0 Å². The van der Waals surface area contributed by atoms with E-state index in [1.807, 2.05) is 54.6 Å². The minimum Gasteiger partial charge on any atom is -0.493 e. The molecule has 0 amide bonds. The second-order valence-electron chi connectivity index (χ2n) is 6.50. The van der Waals surface area contributed by atoms with Crippen molar-refractivity contribution in [2.45, 2.75) is 6.42 Å². The third-order valence-corrected chi connectivity index (χ3v) is 4.65. The second kappa shape index (κ2) is 7.15. The summed E-state index contributed by atoms with van der Waals surface area (Å²) in [6, 6.07) is 13.8. The third-order valence-electron chi connectivity index (χ3n) is 4.65. The Morgan fingerprint density at radius 1 is 0.929 bits per heavy atom. The first kappa shape index (κ1) is 16.5. The van der Waals surface area contributed by atoms with Gasteiger partial charge in [-0.25, -0.2) is 4.98 Å². The molecule has 0 fully saturated rings. The van der Waals surface area contributed by atoms with Gasteiger partial charge in [0.15, 0.2) is 0 Å². The van der Waals surface area contributed by atoms with Crippen molar-refractivity contribution in [2.24, 2.45) is 0 Å². The number of pyridine rings is 2. The Kier molecular flexibility index (Phi) is 4.21. The Balaban J connectivity index is 1.66. The van der Waals surface area contributed by atoms with Crippen molar-refractivity contribution >= 4 is 23.1 Å². The van der Waals surface area contributed by atoms with Gasteiger partial charge < -0.3 is 9.47 Å². The Labute approximate surface area is 161 Å². The van der Waals surface area contributed by atoms with E-state index in [1.54, 1.807) is 12.4 Å². The maximum Gasteiger partial charge on any atom is 0.222 e. The van der Waals surface area contributed by atoms with E-state index in [0.29, 0.717) is 19.1 Å². The highest BCUT2D eigenvalue weighted by Gasteiger charge is 2.12. The number of hydrogen-bond acceptors (Lipinski definition) is 5. The first-order valence-corrected chi connectivity index (χ1v) is 9.21. The zero-order chi connectivity index (χ0) is 18.8. The minimum atomic E-state index is 0.515. The van der Waals surface area contributed by atoms with Crippen molar-refractivity contribution in [1.82, 2.24) is 20.2 Å². The van der Waals surface area contributed by atoms with Crippen molar-refractivity contribution < 1.29 is 9.47 Å². The van der Waals surface area contributed by atoms with Gasteiger partial charge in [0, 0.05) is 23.6 Å². The fourth-order valence-corrected chi connectivity index (χ4v) is 3.24. The molecular formula is C22H18N4O2. The smallest absolute Gasteiger partial charge is 0.222 e. The molecule has 1 aliphatic rings. The van der Waals surface area contributed by atoms with Gasteiger partial charge in [0.1, 0.15) is 5.75 Å². The molecule has 1 aromatic carbocycles. The SMILES string of the molecule is C1=C/c2n[nH]c3cnc(cc23)-c2cccnc2OCCCOc2ccccc2/1. The van der Waals surface area contributed by atoms with Crippen LogP contribution in [0.2, 0.25) is 0 Å². The minimum absolute atomic E-state index is 0.515. The Hall–Kier alpha value is -3.67. The molecule has 0 radical (unpaired) electrons. The fourth-order valence-electron chi connectivity index (χ4n) is 3.24. The van der Waals surface area contributed by atoms with E-state index in [9.17, 15) is 0 Å². The molecule has 5 rings (SSSR count). The summed E-state index contributed by atoms with van der Waals surface area (Å²) in [5, 5.41) is 8.47. The Morgan fingerprint density at radius 2 is 1.86 bits per heavy atom. The van der Waals surface area contributed by atoms with E-state index in [-0.39, 0.29) is 0 Å². The van der Waals surface area contributed by atoms with Crippen LogP contribution in [0.3, 0.4) is 0 Å². The number of H-pyrrole nitrogens is 1. The molecule has 28 heavy (non-hydrogen) atoms. The van der Waals surface area contributed by atoms with Gasteiger partial charge in [0.05, 0.1) is 41.9 Å². The summed E-state index contributed by atoms with van der Waals surface area (Å²) in [7, 11) is 0. The van der Waals surface area contributed by atoms with Gasteiger partial charge in [0.25, 0.3) is 0 Å². The molecular weight excluding hydrogens is 352 g/mol. The lowest BCUT2D eigenvalue weighted by Crippen LogP contribution is -2.07. The van der Waals surface area contributed by atoms with E-state index in [0.717, 1.165) is 45.6 Å². The molecule has 0 saturated heterocycles. The van der Waals surface area contributed by atoms with Crippen molar-refractivity contribution in [3.63, 3.8) is 0 Å². The molecule has 1 N–H and O–H groups in total. The third kappa shape index (κ3) is 3.09. The zero-order valence-electron chi connectivity index (χ0n) is 15.1. The van der Waals surface area contributed by atoms with Gasteiger partial charge in [-0.2, -0.15) is 5.10 Å². The molecule has 0 saturated carbocycles. The quantitative estimate of drug-likeness (QED) is 0.498. The van der Waals surface area contributed by atoms with Gasteiger partial charge >= 0.3 is 0 Å². The number of rotatable bonds is 0. The van der Waals surface area contributed by atoms with Crippen LogP contribution in [0.5, 0.6) is 11.6 Å². The van der Waals surface area contributed by atoms with Crippen molar-refractivity contribution in [2.75, 3.05) is 13.2 Å². The maximum atomic E-state index is 5.96. The zero-order valence-corrected chi connectivity index (χ0v) is 15.1. The molecule has 2 bridgehead atoms. The number of para-hydroxylation sites is 1. The van der Waals surface area contributed by atoms with Crippen molar-refractivity contribution in [3.8, 4) is 22.9 Å². The Morgan fingerprint density at radius 3 is 2.86 bits per heavy atom. The molecule has 0 atom stereocenters. The van der Waals surface area contributed by atoms with Crippen LogP contribution in [0.25, 0.3) is 34.3 Å². The molecule has 3 aromatic heterocycles. The molecule has 6 nitrogen and oxygen atoms in total. The fraction of sp³-hybridized carbons (Fsp3) is 0.136. The maximum absolute atomic E-state index is 5.96. The largest absolute Gasteiger partial charge is 0.493 e. The molecule has 4 aromatic rings. The summed E-state index contributed by atoms with van der Waals surface area (Å²) >= 11 is 0. The van der Waals surface area contributed by atoms with E-state index < -0.39 is 0 Å². The summed E-state index contributed by atoms with van der Waals surface area (Å²) in [4.78, 5) is 8.96. The topological polar surface area (TPSA) is 72.9 Å². The van der Waals surface area contributed by atoms with Crippen LogP contribution in [0.1, 0.15) is 17.7 Å². The average molecular weight is 370 g/mol. The van der Waals surface area contributed by atoms with Crippen molar-refractivity contribution in [3.05, 3.63) is 66.1 Å². The van der Waals surface area contributed by atoms with Gasteiger partial charge in [-0.3, -0.25) is 10.1 Å². The number of fused-ring (bicyclic) bond motifs is 4. The number of aromatic nitrogens is 4.